The van der Waals surface area contributed by atoms with Crippen molar-refractivity contribution in [3.63, 3.8) is 0 Å². The molecule has 0 saturated heterocycles. The summed E-state index contributed by atoms with van der Waals surface area (Å²) in [6.07, 6.45) is 2.60. The average Bonchev–Trinajstić information content (AvgIpc) is 2.42. The number of hydrogen-bond acceptors (Lipinski definition) is 3. The first-order valence-electron chi connectivity index (χ1n) is 5.64. The van der Waals surface area contributed by atoms with Crippen LogP contribution in [0.25, 0.3) is 0 Å². The molecule has 0 bridgehead atoms. The number of halogens is 3. The molecule has 20 heavy (non-hydrogen) atoms. The molecular formula is C13H10ClF2N3O. The molecule has 2 rings (SSSR count). The summed E-state index contributed by atoms with van der Waals surface area (Å²) in [6, 6.07) is 3.47. The number of nitrogens with zero attached hydrogens (tertiary/aromatic N) is 3. The lowest BCUT2D eigenvalue weighted by molar-refractivity contribution is 0.0778. The molecule has 0 aliphatic carbocycles. The minimum absolute atomic E-state index is 0.0857. The van der Waals surface area contributed by atoms with E-state index in [-0.39, 0.29) is 17.4 Å². The molecule has 1 aromatic heterocycles. The Morgan fingerprint density at radius 2 is 2.05 bits per heavy atom. The Hall–Kier alpha value is -2.08. The number of benzene rings is 1. The number of amides is 1. The van der Waals surface area contributed by atoms with Crippen molar-refractivity contribution in [2.75, 3.05) is 7.05 Å². The van der Waals surface area contributed by atoms with Crippen molar-refractivity contribution in [3.05, 3.63) is 58.6 Å². The fourth-order valence-electron chi connectivity index (χ4n) is 1.62. The van der Waals surface area contributed by atoms with Crippen LogP contribution in [0, 0.1) is 11.6 Å². The van der Waals surface area contributed by atoms with Gasteiger partial charge in [0.15, 0.2) is 11.6 Å². The molecule has 0 aliphatic rings. The van der Waals surface area contributed by atoms with Gasteiger partial charge in [0.25, 0.3) is 5.91 Å². The van der Waals surface area contributed by atoms with Gasteiger partial charge in [-0.25, -0.2) is 13.8 Å². The zero-order chi connectivity index (χ0) is 14.7. The topological polar surface area (TPSA) is 46.1 Å². The first-order chi connectivity index (χ1) is 9.47. The highest BCUT2D eigenvalue weighted by Gasteiger charge is 2.15. The predicted octanol–water partition coefficient (Wildman–Crippen LogP) is 2.68. The molecule has 1 aromatic carbocycles. The van der Waals surface area contributed by atoms with Crippen LogP contribution in [0.4, 0.5) is 8.78 Å². The fourth-order valence-corrected chi connectivity index (χ4v) is 1.77. The molecule has 7 heteroatoms. The van der Waals surface area contributed by atoms with Gasteiger partial charge in [-0.3, -0.25) is 9.78 Å². The predicted molar refractivity (Wildman–Crippen MR) is 69.2 cm³/mol. The zero-order valence-corrected chi connectivity index (χ0v) is 11.2. The average molecular weight is 298 g/mol. The lowest BCUT2D eigenvalue weighted by Gasteiger charge is -2.16. The van der Waals surface area contributed by atoms with Crippen LogP contribution in [0.1, 0.15) is 16.1 Å². The van der Waals surface area contributed by atoms with Gasteiger partial charge in [-0.1, -0.05) is 17.7 Å². The Morgan fingerprint density at radius 3 is 2.70 bits per heavy atom. The van der Waals surface area contributed by atoms with Gasteiger partial charge in [0, 0.05) is 13.6 Å². The summed E-state index contributed by atoms with van der Waals surface area (Å²) >= 11 is 5.66. The second kappa shape index (κ2) is 5.92. The Balaban J connectivity index is 2.13. The standard InChI is InChI=1S/C13H10ClF2N3O/c1-19(7-8-2-3-9(15)10(16)4-8)13(20)11-5-17-6-12(14)18-11/h2-6H,7H2,1H3. The van der Waals surface area contributed by atoms with Gasteiger partial charge in [0.1, 0.15) is 10.8 Å². The van der Waals surface area contributed by atoms with Gasteiger partial charge in [0.05, 0.1) is 12.4 Å². The van der Waals surface area contributed by atoms with Crippen molar-refractivity contribution in [1.82, 2.24) is 14.9 Å². The van der Waals surface area contributed by atoms with Crippen LogP contribution in [0.5, 0.6) is 0 Å². The third-order valence-corrected chi connectivity index (χ3v) is 2.76. The van der Waals surface area contributed by atoms with E-state index in [1.165, 1.54) is 30.4 Å². The normalized spacial score (nSPS) is 10.4. The maximum Gasteiger partial charge on any atom is 0.274 e. The molecular weight excluding hydrogens is 288 g/mol. The maximum absolute atomic E-state index is 13.1. The van der Waals surface area contributed by atoms with Crippen LogP contribution in [-0.2, 0) is 6.54 Å². The van der Waals surface area contributed by atoms with Crippen molar-refractivity contribution >= 4 is 17.5 Å². The van der Waals surface area contributed by atoms with E-state index in [0.717, 1.165) is 12.1 Å². The molecule has 4 nitrogen and oxygen atoms in total. The molecule has 1 heterocycles. The number of rotatable bonds is 3. The van der Waals surface area contributed by atoms with Crippen LogP contribution in [-0.4, -0.2) is 27.8 Å². The molecule has 1 amide bonds. The van der Waals surface area contributed by atoms with E-state index in [2.05, 4.69) is 9.97 Å². The van der Waals surface area contributed by atoms with E-state index in [1.54, 1.807) is 0 Å². The molecule has 0 spiro atoms. The van der Waals surface area contributed by atoms with Gasteiger partial charge in [-0.15, -0.1) is 0 Å². The fraction of sp³-hybridized carbons (Fsp3) is 0.154. The Bertz CT molecular complexity index is 651. The molecule has 0 aliphatic heterocycles. The van der Waals surface area contributed by atoms with Crippen molar-refractivity contribution in [3.8, 4) is 0 Å². The second-order valence-corrected chi connectivity index (χ2v) is 4.52. The van der Waals surface area contributed by atoms with Crippen molar-refractivity contribution in [2.24, 2.45) is 0 Å². The molecule has 0 saturated carbocycles. The largest absolute Gasteiger partial charge is 0.336 e. The molecule has 0 N–H and O–H groups in total. The van der Waals surface area contributed by atoms with Crippen LogP contribution in [0.3, 0.4) is 0 Å². The van der Waals surface area contributed by atoms with Gasteiger partial charge in [0.2, 0.25) is 0 Å². The van der Waals surface area contributed by atoms with Gasteiger partial charge < -0.3 is 4.90 Å². The zero-order valence-electron chi connectivity index (χ0n) is 10.5. The van der Waals surface area contributed by atoms with Crippen molar-refractivity contribution in [1.29, 1.82) is 0 Å². The van der Waals surface area contributed by atoms with E-state index >= 15 is 0 Å². The minimum atomic E-state index is -0.953. The molecule has 0 atom stereocenters. The second-order valence-electron chi connectivity index (χ2n) is 4.14. The molecule has 0 unspecified atom stereocenters. The monoisotopic (exact) mass is 297 g/mol. The molecule has 104 valence electrons. The first-order valence-corrected chi connectivity index (χ1v) is 6.02. The SMILES string of the molecule is CN(Cc1ccc(F)c(F)c1)C(=O)c1cncc(Cl)n1. The quantitative estimate of drug-likeness (QED) is 0.875. The summed E-state index contributed by atoms with van der Waals surface area (Å²) in [5.41, 5.74) is 0.553. The lowest BCUT2D eigenvalue weighted by Crippen LogP contribution is -2.27. The van der Waals surface area contributed by atoms with Crippen molar-refractivity contribution < 1.29 is 13.6 Å². The molecule has 0 fully saturated rings. The minimum Gasteiger partial charge on any atom is -0.336 e. The van der Waals surface area contributed by atoms with Crippen LogP contribution in [0.2, 0.25) is 5.15 Å². The highest BCUT2D eigenvalue weighted by atomic mass is 35.5. The van der Waals surface area contributed by atoms with E-state index in [0.29, 0.717) is 5.56 Å². The molecule has 0 radical (unpaired) electrons. The molecule has 2 aromatic rings. The third-order valence-electron chi connectivity index (χ3n) is 2.57. The number of aromatic nitrogens is 2. The third kappa shape index (κ3) is 3.27. The summed E-state index contributed by atoms with van der Waals surface area (Å²) in [4.78, 5) is 21.0. The Morgan fingerprint density at radius 1 is 1.30 bits per heavy atom. The first kappa shape index (κ1) is 14.3. The van der Waals surface area contributed by atoms with E-state index < -0.39 is 17.5 Å². The summed E-state index contributed by atoms with van der Waals surface area (Å²) in [5.74, 6) is -2.29. The van der Waals surface area contributed by atoms with E-state index in [1.807, 2.05) is 0 Å². The van der Waals surface area contributed by atoms with Crippen LogP contribution >= 0.6 is 11.6 Å². The van der Waals surface area contributed by atoms with Gasteiger partial charge in [-0.05, 0) is 17.7 Å². The van der Waals surface area contributed by atoms with E-state index in [9.17, 15) is 13.6 Å². The summed E-state index contributed by atoms with van der Waals surface area (Å²) < 4.78 is 25.9. The van der Waals surface area contributed by atoms with Gasteiger partial charge >= 0.3 is 0 Å². The summed E-state index contributed by atoms with van der Waals surface area (Å²) in [6.45, 7) is 0.115. The smallest absolute Gasteiger partial charge is 0.274 e. The number of carbonyl (C=O) groups excluding carboxylic acids is 1. The lowest BCUT2D eigenvalue weighted by atomic mass is 10.2. The van der Waals surface area contributed by atoms with Crippen molar-refractivity contribution in [2.45, 2.75) is 6.54 Å². The maximum atomic E-state index is 13.1. The Labute approximate surface area is 119 Å². The Kier molecular flexibility index (Phi) is 4.24. The van der Waals surface area contributed by atoms with Gasteiger partial charge in [-0.2, -0.15) is 0 Å². The van der Waals surface area contributed by atoms with E-state index in [4.69, 9.17) is 11.6 Å². The summed E-state index contributed by atoms with van der Waals surface area (Å²) in [5, 5.41) is 0.108. The highest BCUT2D eigenvalue weighted by molar-refractivity contribution is 6.29. The van der Waals surface area contributed by atoms with Crippen LogP contribution in [0.15, 0.2) is 30.6 Å². The summed E-state index contributed by atoms with van der Waals surface area (Å²) in [7, 11) is 1.52. The van der Waals surface area contributed by atoms with Crippen LogP contribution < -0.4 is 0 Å². The highest BCUT2D eigenvalue weighted by Crippen LogP contribution is 2.12. The number of carbonyl (C=O) groups is 1. The number of hydrogen-bond donors (Lipinski definition) is 0.